The first-order valence-corrected chi connectivity index (χ1v) is 10.7. The van der Waals surface area contributed by atoms with Crippen LogP contribution in [0, 0.1) is 0 Å². The van der Waals surface area contributed by atoms with Gasteiger partial charge in [-0.15, -0.1) is 0 Å². The normalized spacial score (nSPS) is 15.5. The van der Waals surface area contributed by atoms with E-state index in [0.717, 1.165) is 4.90 Å². The van der Waals surface area contributed by atoms with Gasteiger partial charge in [0.2, 0.25) is 11.8 Å². The number of anilines is 1. The number of carbonyl (C=O) groups is 5. The molecule has 33 heavy (non-hydrogen) atoms. The molecular formula is C24H24N4O5. The average Bonchev–Trinajstić information content (AvgIpc) is 3.06. The maximum atomic E-state index is 12.8. The second-order valence-electron chi connectivity index (χ2n) is 7.99. The highest BCUT2D eigenvalue weighted by molar-refractivity contribution is 6.21. The number of hydrogen-bond donors (Lipinski definition) is 1. The lowest BCUT2D eigenvalue weighted by Gasteiger charge is -2.35. The minimum absolute atomic E-state index is 0.0280. The van der Waals surface area contributed by atoms with E-state index in [1.54, 1.807) is 58.3 Å². The zero-order valence-corrected chi connectivity index (χ0v) is 18.2. The van der Waals surface area contributed by atoms with Gasteiger partial charge in [0, 0.05) is 57.3 Å². The first kappa shape index (κ1) is 22.2. The molecule has 1 saturated heterocycles. The molecule has 1 fully saturated rings. The van der Waals surface area contributed by atoms with E-state index in [4.69, 9.17) is 0 Å². The molecule has 0 radical (unpaired) electrons. The zero-order chi connectivity index (χ0) is 23.5. The fourth-order valence-electron chi connectivity index (χ4n) is 4.08. The van der Waals surface area contributed by atoms with Crippen LogP contribution in [0.1, 0.15) is 44.4 Å². The summed E-state index contributed by atoms with van der Waals surface area (Å²) in [5, 5.41) is 2.66. The molecule has 5 amide bonds. The lowest BCUT2D eigenvalue weighted by atomic mass is 10.1. The second kappa shape index (κ2) is 9.23. The van der Waals surface area contributed by atoms with Crippen LogP contribution in [-0.2, 0) is 9.59 Å². The van der Waals surface area contributed by atoms with Gasteiger partial charge in [-0.3, -0.25) is 28.9 Å². The van der Waals surface area contributed by atoms with Crippen LogP contribution in [0.3, 0.4) is 0 Å². The summed E-state index contributed by atoms with van der Waals surface area (Å²) in [6.45, 7) is 2.93. The van der Waals surface area contributed by atoms with Gasteiger partial charge in [0.15, 0.2) is 0 Å². The largest absolute Gasteiger partial charge is 0.339 e. The van der Waals surface area contributed by atoms with Crippen molar-refractivity contribution in [1.29, 1.82) is 0 Å². The van der Waals surface area contributed by atoms with Crippen LogP contribution in [0.15, 0.2) is 48.5 Å². The summed E-state index contributed by atoms with van der Waals surface area (Å²) >= 11 is 0. The Morgan fingerprint density at radius 2 is 1.45 bits per heavy atom. The van der Waals surface area contributed by atoms with E-state index < -0.39 is 0 Å². The van der Waals surface area contributed by atoms with Crippen LogP contribution < -0.4 is 5.32 Å². The van der Waals surface area contributed by atoms with Gasteiger partial charge in [-0.05, 0) is 30.3 Å². The number of rotatable bonds is 5. The molecular weight excluding hydrogens is 424 g/mol. The molecule has 2 aromatic rings. The Morgan fingerprint density at radius 1 is 0.848 bits per heavy atom. The molecule has 0 aromatic heterocycles. The lowest BCUT2D eigenvalue weighted by molar-refractivity contribution is -0.132. The van der Waals surface area contributed by atoms with Crippen LogP contribution in [0.5, 0.6) is 0 Å². The molecule has 2 aromatic carbocycles. The molecule has 2 heterocycles. The Balaban J connectivity index is 1.29. The van der Waals surface area contributed by atoms with Crippen molar-refractivity contribution in [3.63, 3.8) is 0 Å². The Hall–Kier alpha value is -4.01. The Labute approximate surface area is 190 Å². The number of nitrogens with one attached hydrogen (secondary N) is 1. The first-order chi connectivity index (χ1) is 15.8. The van der Waals surface area contributed by atoms with Crippen molar-refractivity contribution in [1.82, 2.24) is 14.7 Å². The number of carbonyl (C=O) groups excluding carboxylic acids is 5. The van der Waals surface area contributed by atoms with Gasteiger partial charge < -0.3 is 15.1 Å². The predicted molar refractivity (Wildman–Crippen MR) is 120 cm³/mol. The lowest BCUT2D eigenvalue weighted by Crippen LogP contribution is -2.51. The number of imide groups is 1. The molecule has 0 aliphatic carbocycles. The van der Waals surface area contributed by atoms with Crippen molar-refractivity contribution in [3.05, 3.63) is 65.2 Å². The Morgan fingerprint density at radius 3 is 2.06 bits per heavy atom. The third kappa shape index (κ3) is 4.62. The average molecular weight is 448 g/mol. The third-order valence-electron chi connectivity index (χ3n) is 5.78. The zero-order valence-electron chi connectivity index (χ0n) is 18.2. The number of hydrogen-bond acceptors (Lipinski definition) is 5. The van der Waals surface area contributed by atoms with Crippen LogP contribution in [0.25, 0.3) is 0 Å². The van der Waals surface area contributed by atoms with Gasteiger partial charge in [-0.25, -0.2) is 0 Å². The van der Waals surface area contributed by atoms with Crippen LogP contribution in [0.2, 0.25) is 0 Å². The minimum atomic E-state index is -0.375. The summed E-state index contributed by atoms with van der Waals surface area (Å²) in [6, 6.07) is 13.4. The maximum absolute atomic E-state index is 12.8. The molecule has 2 aliphatic heterocycles. The number of amides is 5. The molecule has 9 heteroatoms. The summed E-state index contributed by atoms with van der Waals surface area (Å²) in [5.74, 6) is -1.29. The summed E-state index contributed by atoms with van der Waals surface area (Å²) in [7, 11) is 0. The van der Waals surface area contributed by atoms with E-state index in [2.05, 4.69) is 5.32 Å². The van der Waals surface area contributed by atoms with Crippen molar-refractivity contribution in [3.8, 4) is 0 Å². The van der Waals surface area contributed by atoms with Gasteiger partial charge >= 0.3 is 0 Å². The molecule has 0 unspecified atom stereocenters. The van der Waals surface area contributed by atoms with E-state index in [1.165, 1.54) is 6.92 Å². The first-order valence-electron chi connectivity index (χ1n) is 10.7. The fraction of sp³-hybridized carbons (Fsp3) is 0.292. The van der Waals surface area contributed by atoms with Crippen molar-refractivity contribution in [2.75, 3.05) is 38.0 Å². The molecule has 9 nitrogen and oxygen atoms in total. The highest BCUT2D eigenvalue weighted by atomic mass is 16.2. The summed E-state index contributed by atoms with van der Waals surface area (Å²) in [5.41, 5.74) is 1.75. The van der Waals surface area contributed by atoms with Gasteiger partial charge in [-0.2, -0.15) is 0 Å². The molecule has 0 spiro atoms. The Kier molecular flexibility index (Phi) is 6.21. The minimum Gasteiger partial charge on any atom is -0.339 e. The molecule has 170 valence electrons. The number of piperazine rings is 1. The SMILES string of the molecule is CC(=O)Nc1cccc(C(=O)N2CCN(C(=O)CCN3C(=O)c4ccccc4C3=O)CC2)c1. The third-order valence-corrected chi connectivity index (χ3v) is 5.78. The van der Waals surface area contributed by atoms with Crippen molar-refractivity contribution in [2.24, 2.45) is 0 Å². The van der Waals surface area contributed by atoms with Crippen molar-refractivity contribution >= 4 is 35.2 Å². The summed E-state index contributed by atoms with van der Waals surface area (Å²) in [6.07, 6.45) is 0.0399. The molecule has 4 rings (SSSR count). The van der Waals surface area contributed by atoms with E-state index in [1.807, 2.05) is 0 Å². The van der Waals surface area contributed by atoms with E-state index in [0.29, 0.717) is 48.6 Å². The van der Waals surface area contributed by atoms with Crippen molar-refractivity contribution in [2.45, 2.75) is 13.3 Å². The summed E-state index contributed by atoms with van der Waals surface area (Å²) in [4.78, 5) is 66.1. The van der Waals surface area contributed by atoms with Crippen molar-refractivity contribution < 1.29 is 24.0 Å². The van der Waals surface area contributed by atoms with Gasteiger partial charge in [-0.1, -0.05) is 18.2 Å². The van der Waals surface area contributed by atoms with Gasteiger partial charge in [0.25, 0.3) is 17.7 Å². The van der Waals surface area contributed by atoms with Crippen LogP contribution in [-0.4, -0.2) is 77.0 Å². The highest BCUT2D eigenvalue weighted by Crippen LogP contribution is 2.22. The van der Waals surface area contributed by atoms with Gasteiger partial charge in [0.1, 0.15) is 0 Å². The smallest absolute Gasteiger partial charge is 0.261 e. The standard InChI is InChI=1S/C24H24N4O5/c1-16(29)25-18-6-4-5-17(15-18)22(31)27-13-11-26(12-14-27)21(30)9-10-28-23(32)19-7-2-3-8-20(19)24(28)33/h2-8,15H,9-14H2,1H3,(H,25,29). The highest BCUT2D eigenvalue weighted by Gasteiger charge is 2.35. The number of nitrogens with zero attached hydrogens (tertiary/aromatic N) is 3. The molecule has 2 aliphatic rings. The predicted octanol–water partition coefficient (Wildman–Crippen LogP) is 1.62. The summed E-state index contributed by atoms with van der Waals surface area (Å²) < 4.78 is 0. The molecule has 0 bridgehead atoms. The van der Waals surface area contributed by atoms with Gasteiger partial charge in [0.05, 0.1) is 11.1 Å². The maximum Gasteiger partial charge on any atom is 0.261 e. The van der Waals surface area contributed by atoms with E-state index in [9.17, 15) is 24.0 Å². The monoisotopic (exact) mass is 448 g/mol. The second-order valence-corrected chi connectivity index (χ2v) is 7.99. The molecule has 0 atom stereocenters. The van der Waals surface area contributed by atoms with Crippen LogP contribution >= 0.6 is 0 Å². The van der Waals surface area contributed by atoms with E-state index in [-0.39, 0.29) is 42.5 Å². The number of benzene rings is 2. The Bertz CT molecular complexity index is 1100. The topological polar surface area (TPSA) is 107 Å². The fourth-order valence-corrected chi connectivity index (χ4v) is 4.08. The molecule has 1 N–H and O–H groups in total. The quantitative estimate of drug-likeness (QED) is 0.700. The van der Waals surface area contributed by atoms with Crippen LogP contribution in [0.4, 0.5) is 5.69 Å². The number of fused-ring (bicyclic) bond motifs is 1. The van der Waals surface area contributed by atoms with E-state index >= 15 is 0 Å². The molecule has 0 saturated carbocycles.